The zero-order valence-electron chi connectivity index (χ0n) is 23.0. The second-order valence-electron chi connectivity index (χ2n) is 10.9. The number of hydrogen-bond donors (Lipinski definition) is 0. The van der Waals surface area contributed by atoms with Gasteiger partial charge in [0.1, 0.15) is 6.67 Å². The van der Waals surface area contributed by atoms with E-state index in [1.807, 2.05) is 12.1 Å². The fraction of sp³-hybridized carbons (Fsp3) is 0.0811. The van der Waals surface area contributed by atoms with Gasteiger partial charge < -0.3 is 9.13 Å². The standard InChI is InChI=1S/C37H28N4/c1-24-13-17-32-28(21-24)36-34(19-15-30(38-36)26-9-5-3-6-10-26)40(32)23-41-33-18-14-25(2)22-29(33)37-35(41)20-16-31(39-37)27-11-7-4-8-12-27/h3-22H,23H2,1-2H3. The van der Waals surface area contributed by atoms with Crippen molar-refractivity contribution in [2.24, 2.45) is 0 Å². The van der Waals surface area contributed by atoms with Gasteiger partial charge >= 0.3 is 0 Å². The number of benzene rings is 4. The first-order valence-corrected chi connectivity index (χ1v) is 14.0. The van der Waals surface area contributed by atoms with Gasteiger partial charge in [-0.3, -0.25) is 0 Å². The predicted molar refractivity (Wildman–Crippen MR) is 170 cm³/mol. The zero-order valence-corrected chi connectivity index (χ0v) is 23.0. The van der Waals surface area contributed by atoms with Gasteiger partial charge in [-0.05, 0) is 62.4 Å². The second kappa shape index (κ2) is 9.17. The molecule has 0 atom stereocenters. The molecule has 0 N–H and O–H groups in total. The van der Waals surface area contributed by atoms with E-state index >= 15 is 0 Å². The van der Waals surface area contributed by atoms with Crippen LogP contribution in [0.3, 0.4) is 0 Å². The number of aryl methyl sites for hydroxylation is 2. The van der Waals surface area contributed by atoms with E-state index in [0.717, 1.165) is 44.6 Å². The van der Waals surface area contributed by atoms with Crippen molar-refractivity contribution >= 4 is 43.9 Å². The van der Waals surface area contributed by atoms with Gasteiger partial charge in [-0.2, -0.15) is 0 Å². The minimum absolute atomic E-state index is 0.658. The summed E-state index contributed by atoms with van der Waals surface area (Å²) in [5.74, 6) is 0. The molecule has 0 amide bonds. The maximum Gasteiger partial charge on any atom is 0.100 e. The van der Waals surface area contributed by atoms with Gasteiger partial charge in [0.05, 0.1) is 44.5 Å². The summed E-state index contributed by atoms with van der Waals surface area (Å²) in [4.78, 5) is 10.4. The largest absolute Gasteiger partial charge is 0.320 e. The molecule has 0 aliphatic rings. The molecule has 0 aliphatic heterocycles. The summed E-state index contributed by atoms with van der Waals surface area (Å²) in [6.45, 7) is 4.95. The molecule has 0 fully saturated rings. The van der Waals surface area contributed by atoms with Crippen LogP contribution in [0.1, 0.15) is 11.1 Å². The fourth-order valence-electron chi connectivity index (χ4n) is 6.13. The smallest absolute Gasteiger partial charge is 0.100 e. The normalized spacial score (nSPS) is 11.8. The minimum Gasteiger partial charge on any atom is -0.320 e. The molecule has 4 aromatic carbocycles. The van der Waals surface area contributed by atoms with Crippen LogP contribution < -0.4 is 0 Å². The monoisotopic (exact) mass is 528 g/mol. The molecule has 41 heavy (non-hydrogen) atoms. The van der Waals surface area contributed by atoms with Crippen LogP contribution in [0.5, 0.6) is 0 Å². The van der Waals surface area contributed by atoms with E-state index in [4.69, 9.17) is 9.97 Å². The highest BCUT2D eigenvalue weighted by molar-refractivity contribution is 6.08. The summed E-state index contributed by atoms with van der Waals surface area (Å²) < 4.78 is 4.80. The van der Waals surface area contributed by atoms with Crippen LogP contribution >= 0.6 is 0 Å². The Morgan fingerprint density at radius 2 is 0.878 bits per heavy atom. The Kier molecular flexibility index (Phi) is 5.29. The van der Waals surface area contributed by atoms with E-state index in [1.165, 1.54) is 32.9 Å². The van der Waals surface area contributed by atoms with Crippen molar-refractivity contribution in [1.29, 1.82) is 0 Å². The molecule has 0 bridgehead atoms. The summed E-state index contributed by atoms with van der Waals surface area (Å²) in [5, 5.41) is 2.36. The molecule has 8 rings (SSSR count). The summed E-state index contributed by atoms with van der Waals surface area (Å²) in [5.41, 5.74) is 13.4. The molecule has 0 aliphatic carbocycles. The Morgan fingerprint density at radius 1 is 0.463 bits per heavy atom. The molecule has 8 aromatic rings. The van der Waals surface area contributed by atoms with E-state index in [-0.39, 0.29) is 0 Å². The molecule has 0 saturated heterocycles. The molecule has 4 aromatic heterocycles. The maximum absolute atomic E-state index is 5.20. The average molecular weight is 529 g/mol. The Labute approximate surface area is 238 Å². The summed E-state index contributed by atoms with van der Waals surface area (Å²) >= 11 is 0. The molecule has 0 saturated carbocycles. The molecule has 196 valence electrons. The Bertz CT molecular complexity index is 2080. The number of fused-ring (bicyclic) bond motifs is 6. The molecule has 4 heteroatoms. The number of nitrogens with zero attached hydrogens (tertiary/aromatic N) is 4. The highest BCUT2D eigenvalue weighted by Crippen LogP contribution is 2.34. The van der Waals surface area contributed by atoms with Gasteiger partial charge in [-0.1, -0.05) is 83.9 Å². The van der Waals surface area contributed by atoms with Crippen LogP contribution in [0, 0.1) is 13.8 Å². The third kappa shape index (κ3) is 3.83. The van der Waals surface area contributed by atoms with Crippen LogP contribution in [0.25, 0.3) is 66.4 Å². The molecular formula is C37H28N4. The van der Waals surface area contributed by atoms with Gasteiger partial charge in [0, 0.05) is 21.9 Å². The Balaban J connectivity index is 1.36. The third-order valence-corrected chi connectivity index (χ3v) is 8.15. The second-order valence-corrected chi connectivity index (χ2v) is 10.9. The molecular weight excluding hydrogens is 500 g/mol. The molecule has 4 nitrogen and oxygen atoms in total. The topological polar surface area (TPSA) is 35.6 Å². The van der Waals surface area contributed by atoms with Crippen molar-refractivity contribution < 1.29 is 0 Å². The summed E-state index contributed by atoms with van der Waals surface area (Å²) in [7, 11) is 0. The Hall–Kier alpha value is -5.22. The molecule has 0 unspecified atom stereocenters. The quantitative estimate of drug-likeness (QED) is 0.228. The fourth-order valence-corrected chi connectivity index (χ4v) is 6.13. The van der Waals surface area contributed by atoms with Gasteiger partial charge in [0.2, 0.25) is 0 Å². The van der Waals surface area contributed by atoms with Crippen molar-refractivity contribution in [3.8, 4) is 22.5 Å². The van der Waals surface area contributed by atoms with Crippen molar-refractivity contribution in [2.75, 3.05) is 0 Å². The van der Waals surface area contributed by atoms with E-state index in [2.05, 4.69) is 132 Å². The summed E-state index contributed by atoms with van der Waals surface area (Å²) in [6, 6.07) is 42.9. The van der Waals surface area contributed by atoms with Gasteiger partial charge in [-0.15, -0.1) is 0 Å². The molecule has 0 radical (unpaired) electrons. The Morgan fingerprint density at radius 3 is 1.32 bits per heavy atom. The first-order chi connectivity index (χ1) is 20.1. The number of aromatic nitrogens is 4. The lowest BCUT2D eigenvalue weighted by Crippen LogP contribution is -2.08. The van der Waals surface area contributed by atoms with E-state index < -0.39 is 0 Å². The lowest BCUT2D eigenvalue weighted by Gasteiger charge is -2.12. The van der Waals surface area contributed by atoms with Gasteiger partial charge in [0.15, 0.2) is 0 Å². The van der Waals surface area contributed by atoms with Gasteiger partial charge in [-0.25, -0.2) is 9.97 Å². The first-order valence-electron chi connectivity index (χ1n) is 14.0. The maximum atomic E-state index is 5.20. The predicted octanol–water partition coefficient (Wildman–Crippen LogP) is 9.15. The summed E-state index contributed by atoms with van der Waals surface area (Å²) in [6.07, 6.45) is 0. The van der Waals surface area contributed by atoms with Crippen LogP contribution in [0.2, 0.25) is 0 Å². The molecule has 0 spiro atoms. The zero-order chi connectivity index (χ0) is 27.5. The van der Waals surface area contributed by atoms with E-state index in [0.29, 0.717) is 6.67 Å². The van der Waals surface area contributed by atoms with Crippen LogP contribution in [-0.4, -0.2) is 19.1 Å². The van der Waals surface area contributed by atoms with Crippen molar-refractivity contribution in [3.63, 3.8) is 0 Å². The number of rotatable bonds is 4. The van der Waals surface area contributed by atoms with E-state index in [9.17, 15) is 0 Å². The van der Waals surface area contributed by atoms with Crippen LogP contribution in [0.15, 0.2) is 121 Å². The van der Waals surface area contributed by atoms with Gasteiger partial charge in [0.25, 0.3) is 0 Å². The minimum atomic E-state index is 0.658. The SMILES string of the molecule is Cc1ccc2c(c1)c1nc(-c3ccccc3)ccc1n2Cn1c2ccc(C)cc2c2nc(-c3ccccc3)ccc21. The lowest BCUT2D eigenvalue weighted by molar-refractivity contribution is 0.682. The number of hydrogen-bond acceptors (Lipinski definition) is 2. The van der Waals surface area contributed by atoms with E-state index in [1.54, 1.807) is 0 Å². The highest BCUT2D eigenvalue weighted by atomic mass is 15.2. The lowest BCUT2D eigenvalue weighted by atomic mass is 10.1. The van der Waals surface area contributed by atoms with Crippen molar-refractivity contribution in [3.05, 3.63) is 132 Å². The van der Waals surface area contributed by atoms with Crippen molar-refractivity contribution in [2.45, 2.75) is 20.5 Å². The average Bonchev–Trinajstić information content (AvgIpc) is 3.49. The first kappa shape index (κ1) is 23.6. The van der Waals surface area contributed by atoms with Crippen molar-refractivity contribution in [1.82, 2.24) is 19.1 Å². The highest BCUT2D eigenvalue weighted by Gasteiger charge is 2.18. The third-order valence-electron chi connectivity index (χ3n) is 8.15. The molecule has 4 heterocycles. The van der Waals surface area contributed by atoms with Crippen LogP contribution in [-0.2, 0) is 6.67 Å². The van der Waals surface area contributed by atoms with Crippen LogP contribution in [0.4, 0.5) is 0 Å². The number of pyridine rings is 2.